The van der Waals surface area contributed by atoms with Crippen LogP contribution in [0.15, 0.2) is 48.9 Å². The zero-order chi connectivity index (χ0) is 30.2. The van der Waals surface area contributed by atoms with Crippen molar-refractivity contribution in [2.24, 2.45) is 0 Å². The number of halogens is 6. The fourth-order valence-electron chi connectivity index (χ4n) is 5.24. The Morgan fingerprint density at radius 1 is 1.02 bits per heavy atom. The molecule has 14 heteroatoms. The van der Waals surface area contributed by atoms with Crippen molar-refractivity contribution in [2.45, 2.75) is 56.3 Å². The van der Waals surface area contributed by atoms with Gasteiger partial charge in [-0.05, 0) is 36.1 Å². The van der Waals surface area contributed by atoms with Gasteiger partial charge in [-0.2, -0.15) is 26.3 Å². The van der Waals surface area contributed by atoms with E-state index in [9.17, 15) is 31.4 Å². The van der Waals surface area contributed by atoms with Crippen LogP contribution < -0.4 is 15.0 Å². The third-order valence-corrected chi connectivity index (χ3v) is 8.33. The van der Waals surface area contributed by atoms with Crippen molar-refractivity contribution in [1.82, 2.24) is 20.3 Å². The van der Waals surface area contributed by atoms with Gasteiger partial charge >= 0.3 is 12.4 Å². The third-order valence-electron chi connectivity index (χ3n) is 7.29. The molecule has 42 heavy (non-hydrogen) atoms. The van der Waals surface area contributed by atoms with Gasteiger partial charge in [0.25, 0.3) is 0 Å². The number of ether oxygens (including phenoxy) is 1. The zero-order valence-electron chi connectivity index (χ0n) is 22.5. The second-order valence-corrected chi connectivity index (χ2v) is 11.3. The van der Waals surface area contributed by atoms with Crippen LogP contribution in [0.2, 0.25) is 0 Å². The van der Waals surface area contributed by atoms with E-state index in [4.69, 9.17) is 4.74 Å². The number of aromatic nitrogens is 3. The number of benzene rings is 1. The van der Waals surface area contributed by atoms with Crippen LogP contribution in [-0.2, 0) is 19.1 Å². The minimum absolute atomic E-state index is 0.0314. The third kappa shape index (κ3) is 6.60. The molecule has 4 aromatic rings. The summed E-state index contributed by atoms with van der Waals surface area (Å²) in [6.45, 7) is 0.492. The molecule has 1 fully saturated rings. The molecule has 0 bridgehead atoms. The van der Waals surface area contributed by atoms with Gasteiger partial charge in [0.1, 0.15) is 22.7 Å². The maximum absolute atomic E-state index is 13.1. The maximum Gasteiger partial charge on any atom is 0.437 e. The van der Waals surface area contributed by atoms with E-state index in [0.29, 0.717) is 46.5 Å². The predicted octanol–water partition coefficient (Wildman–Crippen LogP) is 6.00. The van der Waals surface area contributed by atoms with Crippen molar-refractivity contribution in [3.8, 4) is 16.9 Å². The summed E-state index contributed by atoms with van der Waals surface area (Å²) in [5.74, 6) is 0.118. The molecule has 1 aromatic carbocycles. The van der Waals surface area contributed by atoms with Crippen LogP contribution in [0.25, 0.3) is 21.3 Å². The van der Waals surface area contributed by atoms with E-state index in [2.05, 4.69) is 20.3 Å². The fourth-order valence-corrected chi connectivity index (χ4v) is 6.26. The van der Waals surface area contributed by atoms with E-state index in [1.807, 2.05) is 17.0 Å². The molecule has 2 N–H and O–H groups in total. The van der Waals surface area contributed by atoms with Gasteiger partial charge in [0.05, 0.1) is 31.1 Å². The number of nitrogens with one attached hydrogen (secondary N) is 1. The standard InChI is InChI=1S/C28H27F6N5O2S/c1-39(25-20-10-19(11-27(29,30)31)42-26(20)38-14-37-25)21-8-18(9-22(21)40)35-12-15-3-5-16(6-4-15)17-7-23(41-2)24(36-13-17)28(32,33)34/h3-7,10,13-14,18,21-22,35,40H,8-9,11-12H2,1-2H3/t18-,21+,22-/m1/s1. The summed E-state index contributed by atoms with van der Waals surface area (Å²) in [7, 11) is 2.93. The number of thiophene rings is 1. The first kappa shape index (κ1) is 30.0. The van der Waals surface area contributed by atoms with Gasteiger partial charge in [0.2, 0.25) is 0 Å². The van der Waals surface area contributed by atoms with Crippen molar-refractivity contribution >= 4 is 27.4 Å². The second kappa shape index (κ2) is 11.7. The molecule has 0 saturated heterocycles. The van der Waals surface area contributed by atoms with E-state index >= 15 is 0 Å². The van der Waals surface area contributed by atoms with Crippen LogP contribution in [-0.4, -0.2) is 58.6 Å². The van der Waals surface area contributed by atoms with Crippen molar-refractivity contribution in [1.29, 1.82) is 0 Å². The number of hydrogen-bond donors (Lipinski definition) is 2. The molecule has 0 spiro atoms. The topological polar surface area (TPSA) is 83.4 Å². The molecule has 7 nitrogen and oxygen atoms in total. The smallest absolute Gasteiger partial charge is 0.437 e. The summed E-state index contributed by atoms with van der Waals surface area (Å²) < 4.78 is 83.0. The highest BCUT2D eigenvalue weighted by atomic mass is 32.1. The summed E-state index contributed by atoms with van der Waals surface area (Å²) in [6, 6.07) is 9.72. The molecule has 3 atom stereocenters. The van der Waals surface area contributed by atoms with Crippen molar-refractivity contribution in [3.05, 3.63) is 65.1 Å². The van der Waals surface area contributed by atoms with Gasteiger partial charge in [-0.3, -0.25) is 0 Å². The molecule has 3 heterocycles. The lowest BCUT2D eigenvalue weighted by atomic mass is 10.0. The zero-order valence-corrected chi connectivity index (χ0v) is 23.3. The van der Waals surface area contributed by atoms with Gasteiger partial charge in [-0.25, -0.2) is 15.0 Å². The average Bonchev–Trinajstić information content (AvgIpc) is 3.51. The van der Waals surface area contributed by atoms with Crippen molar-refractivity contribution in [3.63, 3.8) is 0 Å². The molecule has 0 aliphatic heterocycles. The number of pyridine rings is 1. The number of aliphatic hydroxyl groups is 1. The summed E-state index contributed by atoms with van der Waals surface area (Å²) in [6.07, 6.45) is -7.13. The Morgan fingerprint density at radius 2 is 1.76 bits per heavy atom. The van der Waals surface area contributed by atoms with E-state index in [1.54, 1.807) is 19.2 Å². The maximum atomic E-state index is 13.1. The molecule has 1 aliphatic carbocycles. The lowest BCUT2D eigenvalue weighted by molar-refractivity contribution is -0.142. The molecular formula is C28H27F6N5O2S. The normalized spacial score (nSPS) is 19.4. The van der Waals surface area contributed by atoms with Gasteiger partial charge in [-0.1, -0.05) is 24.3 Å². The largest absolute Gasteiger partial charge is 0.494 e. The Kier molecular flexibility index (Phi) is 8.32. The number of rotatable bonds is 8. The second-order valence-electron chi connectivity index (χ2n) is 10.2. The number of anilines is 1. The Balaban J connectivity index is 1.22. The molecule has 0 amide bonds. The lowest BCUT2D eigenvalue weighted by Crippen LogP contribution is -2.38. The predicted molar refractivity (Wildman–Crippen MR) is 146 cm³/mol. The van der Waals surface area contributed by atoms with Crippen molar-refractivity contribution < 1.29 is 36.2 Å². The quantitative estimate of drug-likeness (QED) is 0.237. The summed E-state index contributed by atoms with van der Waals surface area (Å²) in [4.78, 5) is 14.4. The number of nitrogens with zero attached hydrogens (tertiary/aromatic N) is 4. The highest BCUT2D eigenvalue weighted by Gasteiger charge is 2.38. The molecule has 0 radical (unpaired) electrons. The minimum Gasteiger partial charge on any atom is -0.494 e. The number of likely N-dealkylation sites (N-methyl/N-ethyl adjacent to an activating group) is 1. The number of fused-ring (bicyclic) bond motifs is 1. The molecular weight excluding hydrogens is 584 g/mol. The monoisotopic (exact) mass is 611 g/mol. The Bertz CT molecular complexity index is 1540. The van der Waals surface area contributed by atoms with Crippen molar-refractivity contribution in [2.75, 3.05) is 19.1 Å². The number of hydrogen-bond acceptors (Lipinski definition) is 8. The van der Waals surface area contributed by atoms with Crippen LogP contribution in [0.1, 0.15) is 29.0 Å². The van der Waals surface area contributed by atoms with Gasteiger partial charge in [0.15, 0.2) is 5.69 Å². The Labute approximate surface area is 241 Å². The van der Waals surface area contributed by atoms with Crippen LogP contribution >= 0.6 is 11.3 Å². The van der Waals surface area contributed by atoms with Crippen LogP contribution in [0.5, 0.6) is 5.75 Å². The minimum atomic E-state index is -4.62. The lowest BCUT2D eigenvalue weighted by Gasteiger charge is -2.28. The van der Waals surface area contributed by atoms with Gasteiger partial charge in [-0.15, -0.1) is 11.3 Å². The molecule has 5 rings (SSSR count). The molecule has 1 saturated carbocycles. The summed E-state index contributed by atoms with van der Waals surface area (Å²) in [5.41, 5.74) is 1.02. The van der Waals surface area contributed by atoms with E-state index < -0.39 is 30.6 Å². The van der Waals surface area contributed by atoms with Crippen LogP contribution in [0.4, 0.5) is 32.2 Å². The van der Waals surface area contributed by atoms with Crippen LogP contribution in [0.3, 0.4) is 0 Å². The summed E-state index contributed by atoms with van der Waals surface area (Å²) in [5, 5.41) is 14.8. The highest BCUT2D eigenvalue weighted by molar-refractivity contribution is 7.18. The van der Waals surface area contributed by atoms with Crippen LogP contribution in [0, 0.1) is 0 Å². The van der Waals surface area contributed by atoms with E-state index in [-0.39, 0.29) is 22.7 Å². The molecule has 224 valence electrons. The van der Waals surface area contributed by atoms with Gasteiger partial charge in [0, 0.05) is 36.3 Å². The van der Waals surface area contributed by atoms with E-state index in [1.165, 1.54) is 18.5 Å². The Morgan fingerprint density at radius 3 is 2.43 bits per heavy atom. The fraction of sp³-hybridized carbons (Fsp3) is 0.393. The number of methoxy groups -OCH3 is 1. The SMILES string of the molecule is COc1cc(-c2ccc(CN[C@H]3C[C@@H](O)[C@@H](N(C)c4ncnc5sc(CC(F)(F)F)cc45)C3)cc2)cnc1C(F)(F)F. The molecule has 3 aromatic heterocycles. The average molecular weight is 612 g/mol. The number of aliphatic hydroxyl groups excluding tert-OH is 1. The Hall–Kier alpha value is -3.49. The first-order valence-electron chi connectivity index (χ1n) is 13.0. The highest BCUT2D eigenvalue weighted by Crippen LogP contribution is 2.38. The molecule has 1 aliphatic rings. The summed E-state index contributed by atoms with van der Waals surface area (Å²) >= 11 is 0.981. The first-order valence-corrected chi connectivity index (χ1v) is 13.8. The van der Waals surface area contributed by atoms with Gasteiger partial charge < -0.3 is 20.1 Å². The number of alkyl halides is 6. The first-order chi connectivity index (χ1) is 19.8. The molecule has 0 unspecified atom stereocenters. The van der Waals surface area contributed by atoms with E-state index in [0.717, 1.165) is 30.2 Å².